The fourth-order valence-corrected chi connectivity index (χ4v) is 2.24. The molecule has 3 rings (SSSR count). The van der Waals surface area contributed by atoms with Crippen LogP contribution in [0.15, 0.2) is 42.6 Å². The molecule has 2 heterocycles. The highest BCUT2D eigenvalue weighted by molar-refractivity contribution is 5.83. The van der Waals surface area contributed by atoms with Gasteiger partial charge in [0.05, 0.1) is 16.9 Å². The maximum Gasteiger partial charge on any atom is 0.126 e. The van der Waals surface area contributed by atoms with Crippen LogP contribution >= 0.6 is 0 Å². The Kier molecular flexibility index (Phi) is 3.35. The number of halogens is 2. The molecule has 0 amide bonds. The van der Waals surface area contributed by atoms with E-state index in [1.165, 1.54) is 30.5 Å². The molecule has 0 spiro atoms. The zero-order valence-electron chi connectivity index (χ0n) is 11.3. The molecule has 0 aliphatic rings. The molecule has 0 fully saturated rings. The SMILES string of the molecule is CC(N)c1cc2ccc(F)cc2nc1-c1cc(F)ccn1. The van der Waals surface area contributed by atoms with E-state index in [0.29, 0.717) is 16.9 Å². The number of hydrogen-bond donors (Lipinski definition) is 1. The zero-order chi connectivity index (χ0) is 15.0. The van der Waals surface area contributed by atoms with Gasteiger partial charge in [-0.25, -0.2) is 13.8 Å². The Morgan fingerprint density at radius 2 is 1.81 bits per heavy atom. The van der Waals surface area contributed by atoms with Crippen LogP contribution in [0.25, 0.3) is 22.3 Å². The summed E-state index contributed by atoms with van der Waals surface area (Å²) >= 11 is 0. The van der Waals surface area contributed by atoms with Crippen molar-refractivity contribution in [3.63, 3.8) is 0 Å². The smallest absolute Gasteiger partial charge is 0.126 e. The first-order valence-corrected chi connectivity index (χ1v) is 6.52. The Balaban J connectivity index is 2.30. The number of pyridine rings is 2. The van der Waals surface area contributed by atoms with Crippen molar-refractivity contribution >= 4 is 10.9 Å². The number of benzene rings is 1. The van der Waals surface area contributed by atoms with Crippen LogP contribution in [-0.4, -0.2) is 9.97 Å². The summed E-state index contributed by atoms with van der Waals surface area (Å²) in [5.74, 6) is -0.779. The monoisotopic (exact) mass is 285 g/mol. The molecule has 3 nitrogen and oxygen atoms in total. The van der Waals surface area contributed by atoms with Gasteiger partial charge in [-0.05, 0) is 36.8 Å². The van der Waals surface area contributed by atoms with Crippen LogP contribution in [0.2, 0.25) is 0 Å². The third-order valence-corrected chi connectivity index (χ3v) is 3.26. The van der Waals surface area contributed by atoms with Crippen LogP contribution in [0.5, 0.6) is 0 Å². The Morgan fingerprint density at radius 1 is 1.05 bits per heavy atom. The molecule has 5 heteroatoms. The molecular weight excluding hydrogens is 272 g/mol. The van der Waals surface area contributed by atoms with Crippen LogP contribution in [0.1, 0.15) is 18.5 Å². The molecule has 1 unspecified atom stereocenters. The molecule has 0 saturated carbocycles. The van der Waals surface area contributed by atoms with E-state index < -0.39 is 5.82 Å². The van der Waals surface area contributed by atoms with Crippen LogP contribution in [0.4, 0.5) is 8.78 Å². The molecule has 0 radical (unpaired) electrons. The average Bonchev–Trinajstić information content (AvgIpc) is 2.45. The van der Waals surface area contributed by atoms with E-state index in [4.69, 9.17) is 5.73 Å². The van der Waals surface area contributed by atoms with Crippen LogP contribution in [0.3, 0.4) is 0 Å². The topological polar surface area (TPSA) is 51.8 Å². The summed E-state index contributed by atoms with van der Waals surface area (Å²) in [6.45, 7) is 1.81. The van der Waals surface area contributed by atoms with Crippen molar-refractivity contribution < 1.29 is 8.78 Å². The molecular formula is C16H13F2N3. The summed E-state index contributed by atoms with van der Waals surface area (Å²) in [5.41, 5.74) is 8.06. The normalized spacial score (nSPS) is 12.6. The Bertz CT molecular complexity index is 816. The Labute approximate surface area is 120 Å². The molecule has 21 heavy (non-hydrogen) atoms. The van der Waals surface area contributed by atoms with Crippen molar-refractivity contribution in [2.75, 3.05) is 0 Å². The minimum Gasteiger partial charge on any atom is -0.324 e. The molecule has 106 valence electrons. The van der Waals surface area contributed by atoms with E-state index in [0.717, 1.165) is 10.9 Å². The van der Waals surface area contributed by atoms with Gasteiger partial charge in [-0.2, -0.15) is 0 Å². The van der Waals surface area contributed by atoms with Crippen LogP contribution in [-0.2, 0) is 0 Å². The predicted molar refractivity (Wildman–Crippen MR) is 77.5 cm³/mol. The number of nitrogens with zero attached hydrogens (tertiary/aromatic N) is 2. The van der Waals surface area contributed by atoms with Crippen molar-refractivity contribution in [3.05, 3.63) is 59.8 Å². The van der Waals surface area contributed by atoms with Gasteiger partial charge in [-0.3, -0.25) is 4.98 Å². The number of rotatable bonds is 2. The summed E-state index contributed by atoms with van der Waals surface area (Å²) in [4.78, 5) is 8.55. The van der Waals surface area contributed by atoms with Gasteiger partial charge in [0.15, 0.2) is 0 Å². The fraction of sp³-hybridized carbons (Fsp3) is 0.125. The number of aromatic nitrogens is 2. The first kappa shape index (κ1) is 13.6. The summed E-state index contributed by atoms with van der Waals surface area (Å²) in [6.07, 6.45) is 1.37. The minimum atomic E-state index is -0.406. The van der Waals surface area contributed by atoms with Gasteiger partial charge in [-0.1, -0.05) is 0 Å². The van der Waals surface area contributed by atoms with Gasteiger partial charge < -0.3 is 5.73 Å². The maximum absolute atomic E-state index is 13.4. The van der Waals surface area contributed by atoms with Crippen molar-refractivity contribution in [3.8, 4) is 11.4 Å². The highest BCUT2D eigenvalue weighted by Gasteiger charge is 2.14. The lowest BCUT2D eigenvalue weighted by Gasteiger charge is -2.13. The summed E-state index contributed by atoms with van der Waals surface area (Å²) in [7, 11) is 0. The standard InChI is InChI=1S/C16H13F2N3/c1-9(19)13-6-10-2-3-11(17)7-14(10)21-16(13)15-8-12(18)4-5-20-15/h2-9H,19H2,1H3. The van der Waals surface area contributed by atoms with Gasteiger partial charge >= 0.3 is 0 Å². The summed E-state index contributed by atoms with van der Waals surface area (Å²) in [6, 6.07) is 8.44. The molecule has 2 N–H and O–H groups in total. The van der Waals surface area contributed by atoms with Gasteiger partial charge in [0.1, 0.15) is 11.6 Å². The number of nitrogens with two attached hydrogens (primary N) is 1. The Morgan fingerprint density at radius 3 is 2.52 bits per heavy atom. The second kappa shape index (κ2) is 5.18. The second-order valence-corrected chi connectivity index (χ2v) is 4.91. The predicted octanol–water partition coefficient (Wildman–Crippen LogP) is 3.59. The first-order chi connectivity index (χ1) is 10.0. The molecule has 3 aromatic rings. The van der Waals surface area contributed by atoms with E-state index in [1.54, 1.807) is 6.07 Å². The molecule has 1 aromatic carbocycles. The molecule has 0 saturated heterocycles. The number of hydrogen-bond acceptors (Lipinski definition) is 3. The van der Waals surface area contributed by atoms with Gasteiger partial charge in [0.25, 0.3) is 0 Å². The van der Waals surface area contributed by atoms with Crippen LogP contribution < -0.4 is 5.73 Å². The fourth-order valence-electron chi connectivity index (χ4n) is 2.24. The van der Waals surface area contributed by atoms with E-state index in [2.05, 4.69) is 9.97 Å². The molecule has 0 aliphatic carbocycles. The lowest BCUT2D eigenvalue weighted by Crippen LogP contribution is -2.08. The largest absolute Gasteiger partial charge is 0.324 e. The van der Waals surface area contributed by atoms with Crippen molar-refractivity contribution in [2.45, 2.75) is 13.0 Å². The summed E-state index contributed by atoms with van der Waals surface area (Å²) < 4.78 is 26.8. The van der Waals surface area contributed by atoms with Crippen molar-refractivity contribution in [1.29, 1.82) is 0 Å². The van der Waals surface area contributed by atoms with Gasteiger partial charge in [-0.15, -0.1) is 0 Å². The highest BCUT2D eigenvalue weighted by Crippen LogP contribution is 2.28. The lowest BCUT2D eigenvalue weighted by molar-refractivity contribution is 0.626. The third-order valence-electron chi connectivity index (χ3n) is 3.26. The van der Waals surface area contributed by atoms with E-state index in [1.807, 2.05) is 13.0 Å². The Hall–Kier alpha value is -2.40. The molecule has 0 aliphatic heterocycles. The first-order valence-electron chi connectivity index (χ1n) is 6.52. The summed E-state index contributed by atoms with van der Waals surface area (Å²) in [5, 5.41) is 0.781. The lowest BCUT2D eigenvalue weighted by atomic mass is 10.0. The van der Waals surface area contributed by atoms with Crippen molar-refractivity contribution in [2.24, 2.45) is 5.73 Å². The van der Waals surface area contributed by atoms with Crippen LogP contribution in [0, 0.1) is 11.6 Å². The maximum atomic E-state index is 13.4. The van der Waals surface area contributed by atoms with Gasteiger partial charge in [0.2, 0.25) is 0 Å². The third kappa shape index (κ3) is 2.60. The highest BCUT2D eigenvalue weighted by atomic mass is 19.1. The van der Waals surface area contributed by atoms with Crippen molar-refractivity contribution in [1.82, 2.24) is 9.97 Å². The number of fused-ring (bicyclic) bond motifs is 1. The van der Waals surface area contributed by atoms with E-state index in [9.17, 15) is 8.78 Å². The van der Waals surface area contributed by atoms with Gasteiger partial charge in [0, 0.05) is 29.8 Å². The quantitative estimate of drug-likeness (QED) is 0.782. The molecule has 0 bridgehead atoms. The van der Waals surface area contributed by atoms with E-state index in [-0.39, 0.29) is 11.9 Å². The minimum absolute atomic E-state index is 0.299. The average molecular weight is 285 g/mol. The zero-order valence-corrected chi connectivity index (χ0v) is 11.3. The van der Waals surface area contributed by atoms with E-state index >= 15 is 0 Å². The molecule has 2 aromatic heterocycles. The second-order valence-electron chi connectivity index (χ2n) is 4.91. The molecule has 1 atom stereocenters.